The van der Waals surface area contributed by atoms with E-state index in [0.717, 1.165) is 15.6 Å². The summed E-state index contributed by atoms with van der Waals surface area (Å²) in [6.07, 6.45) is 0. The van der Waals surface area contributed by atoms with E-state index >= 15 is 0 Å². The van der Waals surface area contributed by atoms with Crippen LogP contribution in [0, 0.1) is 0 Å². The molecule has 0 aliphatic rings. The smallest absolute Gasteiger partial charge is 0.141 e. The number of hydrogen-bond acceptors (Lipinski definition) is 4. The van der Waals surface area contributed by atoms with Crippen LogP contribution in [0.2, 0.25) is 5.02 Å². The average molecular weight is 372 g/mol. The van der Waals surface area contributed by atoms with Crippen LogP contribution in [0.1, 0.15) is 17.2 Å². The van der Waals surface area contributed by atoms with Crippen LogP contribution >= 0.6 is 27.5 Å². The Hall–Kier alpha value is -1.27. The van der Waals surface area contributed by atoms with Gasteiger partial charge in [-0.15, -0.1) is 0 Å². The number of methoxy groups -OCH3 is 2. The normalized spacial score (nSPS) is 12.0. The van der Waals surface area contributed by atoms with Crippen molar-refractivity contribution in [1.82, 2.24) is 5.43 Å². The molecule has 1 unspecified atom stereocenters. The molecule has 0 spiro atoms. The molecule has 2 rings (SSSR count). The molecule has 0 aromatic heterocycles. The van der Waals surface area contributed by atoms with Gasteiger partial charge in [-0.25, -0.2) is 5.43 Å². The summed E-state index contributed by atoms with van der Waals surface area (Å²) in [6.45, 7) is 0. The maximum atomic E-state index is 6.06. The molecule has 0 bridgehead atoms. The van der Waals surface area contributed by atoms with E-state index in [2.05, 4.69) is 21.4 Å². The summed E-state index contributed by atoms with van der Waals surface area (Å²) in [7, 11) is 3.21. The summed E-state index contributed by atoms with van der Waals surface area (Å²) in [5.74, 6) is 7.09. The lowest BCUT2D eigenvalue weighted by molar-refractivity contribution is 0.383. The summed E-state index contributed by atoms with van der Waals surface area (Å²) >= 11 is 9.55. The Balaban J connectivity index is 2.55. The minimum Gasteiger partial charge on any atom is -0.495 e. The van der Waals surface area contributed by atoms with Crippen LogP contribution in [0.3, 0.4) is 0 Å². The van der Waals surface area contributed by atoms with E-state index in [-0.39, 0.29) is 6.04 Å². The summed E-state index contributed by atoms with van der Waals surface area (Å²) in [6, 6.07) is 11.0. The molecule has 0 heterocycles. The van der Waals surface area contributed by atoms with Gasteiger partial charge in [0, 0.05) is 10.6 Å². The van der Waals surface area contributed by atoms with Gasteiger partial charge in [-0.3, -0.25) is 5.84 Å². The molecule has 1 atom stereocenters. The van der Waals surface area contributed by atoms with Crippen molar-refractivity contribution in [2.24, 2.45) is 5.84 Å². The van der Waals surface area contributed by atoms with Crippen molar-refractivity contribution < 1.29 is 9.47 Å². The van der Waals surface area contributed by atoms with E-state index in [1.54, 1.807) is 14.2 Å². The Bertz CT molecular complexity index is 637. The van der Waals surface area contributed by atoms with Crippen LogP contribution in [0.4, 0.5) is 0 Å². The van der Waals surface area contributed by atoms with Gasteiger partial charge in [0.2, 0.25) is 0 Å². The fourth-order valence-electron chi connectivity index (χ4n) is 2.20. The van der Waals surface area contributed by atoms with Crippen molar-refractivity contribution >= 4 is 27.5 Å². The van der Waals surface area contributed by atoms with Gasteiger partial charge in [-0.05, 0) is 45.8 Å². The van der Waals surface area contributed by atoms with E-state index in [9.17, 15) is 0 Å². The predicted octanol–water partition coefficient (Wildman–Crippen LogP) is 3.67. The Labute approximate surface area is 137 Å². The van der Waals surface area contributed by atoms with Crippen LogP contribution < -0.4 is 20.7 Å². The topological polar surface area (TPSA) is 56.5 Å². The Morgan fingerprint density at radius 3 is 2.52 bits per heavy atom. The first-order valence-electron chi connectivity index (χ1n) is 6.24. The largest absolute Gasteiger partial charge is 0.495 e. The number of benzene rings is 2. The zero-order valence-corrected chi connectivity index (χ0v) is 14.0. The number of nitrogens with one attached hydrogen (secondary N) is 1. The molecule has 3 N–H and O–H groups in total. The highest BCUT2D eigenvalue weighted by molar-refractivity contribution is 9.10. The van der Waals surface area contributed by atoms with Crippen LogP contribution in [-0.2, 0) is 0 Å². The Morgan fingerprint density at radius 2 is 1.95 bits per heavy atom. The molecule has 0 radical (unpaired) electrons. The van der Waals surface area contributed by atoms with Crippen molar-refractivity contribution in [1.29, 1.82) is 0 Å². The molecular weight excluding hydrogens is 356 g/mol. The SMILES string of the molecule is COc1ccc(C(NN)c2cccc(Cl)c2)c(OC)c1Br. The number of rotatable bonds is 5. The van der Waals surface area contributed by atoms with Crippen molar-refractivity contribution in [3.05, 3.63) is 57.0 Å². The van der Waals surface area contributed by atoms with E-state index in [4.69, 9.17) is 26.9 Å². The maximum Gasteiger partial charge on any atom is 0.141 e. The molecule has 112 valence electrons. The molecule has 2 aromatic carbocycles. The summed E-state index contributed by atoms with van der Waals surface area (Å²) < 4.78 is 11.5. The molecule has 0 saturated heterocycles. The van der Waals surface area contributed by atoms with E-state index in [1.165, 1.54) is 0 Å². The first kappa shape index (κ1) is 16.1. The van der Waals surface area contributed by atoms with Crippen molar-refractivity contribution in [3.63, 3.8) is 0 Å². The van der Waals surface area contributed by atoms with Gasteiger partial charge in [0.1, 0.15) is 16.0 Å². The fraction of sp³-hybridized carbons (Fsp3) is 0.200. The van der Waals surface area contributed by atoms with Gasteiger partial charge < -0.3 is 9.47 Å². The van der Waals surface area contributed by atoms with Gasteiger partial charge in [0.05, 0.1) is 20.3 Å². The van der Waals surface area contributed by atoms with E-state index in [0.29, 0.717) is 16.5 Å². The predicted molar refractivity (Wildman–Crippen MR) is 87.9 cm³/mol. The van der Waals surface area contributed by atoms with Crippen LogP contribution in [-0.4, -0.2) is 14.2 Å². The molecule has 0 aliphatic heterocycles. The van der Waals surface area contributed by atoms with E-state index in [1.807, 2.05) is 36.4 Å². The molecule has 0 saturated carbocycles. The van der Waals surface area contributed by atoms with Crippen molar-refractivity contribution in [2.75, 3.05) is 14.2 Å². The second-order valence-electron chi connectivity index (χ2n) is 4.36. The molecule has 21 heavy (non-hydrogen) atoms. The van der Waals surface area contributed by atoms with Crippen molar-refractivity contribution in [3.8, 4) is 11.5 Å². The molecule has 0 fully saturated rings. The van der Waals surface area contributed by atoms with Gasteiger partial charge >= 0.3 is 0 Å². The quantitative estimate of drug-likeness (QED) is 0.622. The van der Waals surface area contributed by atoms with Gasteiger partial charge in [-0.1, -0.05) is 23.7 Å². The third-order valence-corrected chi connectivity index (χ3v) is 4.16. The average Bonchev–Trinajstić information content (AvgIpc) is 2.48. The second-order valence-corrected chi connectivity index (χ2v) is 5.59. The fourth-order valence-corrected chi connectivity index (χ4v) is 3.08. The molecule has 6 heteroatoms. The second kappa shape index (κ2) is 7.13. The van der Waals surface area contributed by atoms with Crippen molar-refractivity contribution in [2.45, 2.75) is 6.04 Å². The highest BCUT2D eigenvalue weighted by Gasteiger charge is 2.21. The van der Waals surface area contributed by atoms with Gasteiger partial charge in [0.25, 0.3) is 0 Å². The standard InChI is InChI=1S/C15H16BrClN2O2/c1-20-12-7-6-11(15(21-2)13(12)16)14(19-18)9-4-3-5-10(17)8-9/h3-8,14,19H,18H2,1-2H3. The molecule has 2 aromatic rings. The van der Waals surface area contributed by atoms with Gasteiger partial charge in [-0.2, -0.15) is 0 Å². The summed E-state index contributed by atoms with van der Waals surface area (Å²) in [4.78, 5) is 0. The Morgan fingerprint density at radius 1 is 1.19 bits per heavy atom. The molecule has 0 amide bonds. The lowest BCUT2D eigenvalue weighted by Crippen LogP contribution is -2.29. The van der Waals surface area contributed by atoms with E-state index < -0.39 is 0 Å². The number of halogens is 2. The Kier molecular flexibility index (Phi) is 5.47. The molecular formula is C15H16BrClN2O2. The lowest BCUT2D eigenvalue weighted by Gasteiger charge is -2.21. The highest BCUT2D eigenvalue weighted by Crippen LogP contribution is 2.41. The zero-order valence-electron chi connectivity index (χ0n) is 11.7. The maximum absolute atomic E-state index is 6.06. The number of nitrogens with two attached hydrogens (primary N) is 1. The number of hydrogen-bond donors (Lipinski definition) is 2. The minimum atomic E-state index is -0.249. The summed E-state index contributed by atoms with van der Waals surface area (Å²) in [5.41, 5.74) is 4.63. The summed E-state index contributed by atoms with van der Waals surface area (Å²) in [5, 5.41) is 0.652. The first-order chi connectivity index (χ1) is 10.1. The third-order valence-electron chi connectivity index (χ3n) is 3.18. The molecule has 4 nitrogen and oxygen atoms in total. The first-order valence-corrected chi connectivity index (χ1v) is 7.41. The zero-order chi connectivity index (χ0) is 15.4. The minimum absolute atomic E-state index is 0.249. The number of hydrazine groups is 1. The number of ether oxygens (including phenoxy) is 2. The highest BCUT2D eigenvalue weighted by atomic mass is 79.9. The monoisotopic (exact) mass is 370 g/mol. The van der Waals surface area contributed by atoms with Crippen LogP contribution in [0.5, 0.6) is 11.5 Å². The molecule has 0 aliphatic carbocycles. The lowest BCUT2D eigenvalue weighted by atomic mass is 9.98. The van der Waals surface area contributed by atoms with Crippen LogP contribution in [0.15, 0.2) is 40.9 Å². The van der Waals surface area contributed by atoms with Gasteiger partial charge in [0.15, 0.2) is 0 Å². The third kappa shape index (κ3) is 3.32. The van der Waals surface area contributed by atoms with Crippen LogP contribution in [0.25, 0.3) is 0 Å².